The summed E-state index contributed by atoms with van der Waals surface area (Å²) in [5.41, 5.74) is 0. The van der Waals surface area contributed by atoms with Crippen molar-refractivity contribution in [3.63, 3.8) is 0 Å². The van der Waals surface area contributed by atoms with E-state index in [4.69, 9.17) is 0 Å². The first-order valence-corrected chi connectivity index (χ1v) is 7.84. The number of carbonyl (C=O) groups excluding carboxylic acids is 1. The molecule has 1 nitrogen and oxygen atoms in total. The molecule has 5 atom stereocenters. The van der Waals surface area contributed by atoms with Crippen molar-refractivity contribution in [3.8, 4) is 0 Å². The zero-order valence-corrected chi connectivity index (χ0v) is 10.9. The van der Waals surface area contributed by atoms with Gasteiger partial charge in [-0.2, -0.15) is 0 Å². The lowest BCUT2D eigenvalue weighted by molar-refractivity contribution is -0.110. The second-order valence-electron chi connectivity index (χ2n) is 6.71. The second kappa shape index (κ2) is 5.12. The van der Waals surface area contributed by atoms with Crippen LogP contribution in [0.1, 0.15) is 64.2 Å². The Kier molecular flexibility index (Phi) is 3.54. The molecule has 0 aromatic carbocycles. The summed E-state index contributed by atoms with van der Waals surface area (Å²) in [5.74, 6) is 4.74. The Bertz CT molecular complexity index is 273. The molecule has 0 amide bonds. The summed E-state index contributed by atoms with van der Waals surface area (Å²) in [7, 11) is 0. The van der Waals surface area contributed by atoms with E-state index in [-0.39, 0.29) is 0 Å². The Balaban J connectivity index is 1.73. The fraction of sp³-hybridized carbons (Fsp3) is 0.938. The van der Waals surface area contributed by atoms with Crippen molar-refractivity contribution in [2.75, 3.05) is 0 Å². The van der Waals surface area contributed by atoms with Gasteiger partial charge in [0.1, 0.15) is 6.29 Å². The zero-order valence-electron chi connectivity index (χ0n) is 10.9. The maximum absolute atomic E-state index is 10.8. The molecule has 0 aliphatic heterocycles. The first-order valence-electron chi connectivity index (χ1n) is 7.84. The fourth-order valence-corrected chi connectivity index (χ4v) is 5.36. The van der Waals surface area contributed by atoms with Crippen LogP contribution in [0.5, 0.6) is 0 Å². The molecule has 0 spiro atoms. The van der Waals surface area contributed by atoms with Crippen molar-refractivity contribution >= 4 is 6.29 Å². The number of fused-ring (bicyclic) bond motifs is 3. The summed E-state index contributed by atoms with van der Waals surface area (Å²) in [6.45, 7) is 0. The normalized spacial score (nSPS) is 45.8. The summed E-state index contributed by atoms with van der Waals surface area (Å²) in [6.07, 6.45) is 15.1. The maximum atomic E-state index is 10.8. The highest BCUT2D eigenvalue weighted by Gasteiger charge is 2.44. The average Bonchev–Trinajstić information content (AvgIpc) is 2.39. The first-order chi connectivity index (χ1) is 8.40. The monoisotopic (exact) mass is 234 g/mol. The van der Waals surface area contributed by atoms with Crippen LogP contribution in [0.3, 0.4) is 0 Å². The predicted molar refractivity (Wildman–Crippen MR) is 69.7 cm³/mol. The largest absolute Gasteiger partial charge is 0.303 e. The van der Waals surface area contributed by atoms with Crippen LogP contribution in [0.2, 0.25) is 0 Å². The van der Waals surface area contributed by atoms with Crippen LogP contribution in [0, 0.1) is 29.6 Å². The molecule has 0 bridgehead atoms. The summed E-state index contributed by atoms with van der Waals surface area (Å²) in [4.78, 5) is 10.8. The van der Waals surface area contributed by atoms with Crippen LogP contribution in [0.15, 0.2) is 0 Å². The minimum absolute atomic E-state index is 0.745. The Morgan fingerprint density at radius 2 is 1.59 bits per heavy atom. The Morgan fingerprint density at radius 1 is 0.765 bits per heavy atom. The van der Waals surface area contributed by atoms with E-state index in [1.165, 1.54) is 64.1 Å². The molecule has 3 aliphatic carbocycles. The molecule has 96 valence electrons. The van der Waals surface area contributed by atoms with E-state index >= 15 is 0 Å². The van der Waals surface area contributed by atoms with E-state index < -0.39 is 0 Å². The number of hydrogen-bond donors (Lipinski definition) is 0. The smallest absolute Gasteiger partial charge is 0.120 e. The lowest BCUT2D eigenvalue weighted by Crippen LogP contribution is -2.41. The molecule has 0 N–H and O–H groups in total. The van der Waals surface area contributed by atoms with Gasteiger partial charge in [0.25, 0.3) is 0 Å². The van der Waals surface area contributed by atoms with Crippen molar-refractivity contribution in [2.24, 2.45) is 29.6 Å². The molecule has 3 rings (SSSR count). The van der Waals surface area contributed by atoms with Crippen LogP contribution < -0.4 is 0 Å². The molecule has 0 heterocycles. The highest BCUT2D eigenvalue weighted by Crippen LogP contribution is 2.53. The van der Waals surface area contributed by atoms with E-state index in [0.717, 1.165) is 36.0 Å². The highest BCUT2D eigenvalue weighted by atomic mass is 16.1. The summed E-state index contributed by atoms with van der Waals surface area (Å²) >= 11 is 0. The van der Waals surface area contributed by atoms with Crippen molar-refractivity contribution in [1.29, 1.82) is 0 Å². The zero-order chi connectivity index (χ0) is 11.7. The molecular weight excluding hydrogens is 208 g/mol. The summed E-state index contributed by atoms with van der Waals surface area (Å²) in [5, 5.41) is 0. The molecule has 0 aromatic heterocycles. The summed E-state index contributed by atoms with van der Waals surface area (Å²) < 4.78 is 0. The van der Waals surface area contributed by atoms with Gasteiger partial charge in [-0.15, -0.1) is 0 Å². The SMILES string of the molecule is O=CCC1CCCC2C1CCC1CCCCC12. The molecule has 3 aliphatic rings. The topological polar surface area (TPSA) is 17.1 Å². The number of rotatable bonds is 2. The average molecular weight is 234 g/mol. The molecule has 3 saturated carbocycles. The molecule has 0 aromatic rings. The fourth-order valence-electron chi connectivity index (χ4n) is 5.36. The minimum atomic E-state index is 0.745. The minimum Gasteiger partial charge on any atom is -0.303 e. The van der Waals surface area contributed by atoms with Crippen LogP contribution in [-0.2, 0) is 4.79 Å². The van der Waals surface area contributed by atoms with Gasteiger partial charge < -0.3 is 4.79 Å². The van der Waals surface area contributed by atoms with E-state index in [9.17, 15) is 4.79 Å². The van der Waals surface area contributed by atoms with Crippen molar-refractivity contribution < 1.29 is 4.79 Å². The third-order valence-electron chi connectivity index (χ3n) is 6.06. The maximum Gasteiger partial charge on any atom is 0.120 e. The van der Waals surface area contributed by atoms with Gasteiger partial charge in [-0.05, 0) is 61.7 Å². The van der Waals surface area contributed by atoms with Gasteiger partial charge in [0.15, 0.2) is 0 Å². The van der Waals surface area contributed by atoms with Crippen LogP contribution >= 0.6 is 0 Å². The highest BCUT2D eigenvalue weighted by molar-refractivity contribution is 5.49. The van der Waals surface area contributed by atoms with Crippen molar-refractivity contribution in [3.05, 3.63) is 0 Å². The van der Waals surface area contributed by atoms with Gasteiger partial charge >= 0.3 is 0 Å². The van der Waals surface area contributed by atoms with E-state index in [1.54, 1.807) is 0 Å². The Hall–Kier alpha value is -0.330. The summed E-state index contributed by atoms with van der Waals surface area (Å²) in [6, 6.07) is 0. The lowest BCUT2D eigenvalue weighted by Gasteiger charge is -2.50. The lowest BCUT2D eigenvalue weighted by atomic mass is 9.55. The van der Waals surface area contributed by atoms with Crippen molar-refractivity contribution in [2.45, 2.75) is 64.2 Å². The number of carbonyl (C=O) groups is 1. The van der Waals surface area contributed by atoms with Gasteiger partial charge in [0.05, 0.1) is 0 Å². The van der Waals surface area contributed by atoms with Gasteiger partial charge in [0, 0.05) is 6.42 Å². The predicted octanol–water partition coefficient (Wildman–Crippen LogP) is 4.21. The second-order valence-corrected chi connectivity index (χ2v) is 6.71. The van der Waals surface area contributed by atoms with Crippen molar-refractivity contribution in [1.82, 2.24) is 0 Å². The van der Waals surface area contributed by atoms with Gasteiger partial charge in [-0.1, -0.05) is 25.7 Å². The van der Waals surface area contributed by atoms with E-state index in [1.807, 2.05) is 0 Å². The van der Waals surface area contributed by atoms with Gasteiger partial charge in [-0.25, -0.2) is 0 Å². The quantitative estimate of drug-likeness (QED) is 0.654. The van der Waals surface area contributed by atoms with Crippen LogP contribution in [-0.4, -0.2) is 6.29 Å². The molecule has 1 heteroatoms. The standard InChI is InChI=1S/C16H26O/c17-11-10-13-5-3-7-16-14-6-2-1-4-12(14)8-9-15(13)16/h11-16H,1-10H2. The Morgan fingerprint density at radius 3 is 2.47 bits per heavy atom. The van der Waals surface area contributed by atoms with Crippen LogP contribution in [0.4, 0.5) is 0 Å². The van der Waals surface area contributed by atoms with Crippen LogP contribution in [0.25, 0.3) is 0 Å². The number of aldehydes is 1. The van der Waals surface area contributed by atoms with E-state index in [2.05, 4.69) is 0 Å². The number of hydrogen-bond acceptors (Lipinski definition) is 1. The van der Waals surface area contributed by atoms with Gasteiger partial charge in [0.2, 0.25) is 0 Å². The first kappa shape index (κ1) is 11.7. The Labute approximate surface area is 105 Å². The van der Waals surface area contributed by atoms with Gasteiger partial charge in [-0.3, -0.25) is 0 Å². The third-order valence-corrected chi connectivity index (χ3v) is 6.06. The molecule has 17 heavy (non-hydrogen) atoms. The molecule has 0 saturated heterocycles. The molecular formula is C16H26O. The molecule has 5 unspecified atom stereocenters. The molecule has 3 fully saturated rings. The third kappa shape index (κ3) is 2.18. The van der Waals surface area contributed by atoms with E-state index in [0.29, 0.717) is 0 Å². The molecule has 0 radical (unpaired) electrons.